The van der Waals surface area contributed by atoms with Crippen LogP contribution in [0.4, 0.5) is 0 Å². The fraction of sp³-hybridized carbons (Fsp3) is 0.900. The fourth-order valence-corrected chi connectivity index (χ4v) is 1.38. The van der Waals surface area contributed by atoms with Gasteiger partial charge < -0.3 is 19.8 Å². The van der Waals surface area contributed by atoms with Crippen LogP contribution in [0.2, 0.25) is 0 Å². The third-order valence-corrected chi connectivity index (χ3v) is 2.73. The number of morpholine rings is 1. The summed E-state index contributed by atoms with van der Waals surface area (Å²) in [7, 11) is 0. The molecule has 0 unspecified atom stereocenters. The van der Waals surface area contributed by atoms with Gasteiger partial charge in [0.2, 0.25) is 5.91 Å². The average Bonchev–Trinajstić information content (AvgIpc) is 2.36. The summed E-state index contributed by atoms with van der Waals surface area (Å²) in [6, 6.07) is 0. The molecule has 0 atom stereocenters. The van der Waals surface area contributed by atoms with Gasteiger partial charge >= 0.3 is 0 Å². The molecule has 6 heteroatoms. The minimum atomic E-state index is -0.804. The lowest BCUT2D eigenvalue weighted by molar-refractivity contribution is -0.134. The number of nitrogens with one attached hydrogen (secondary N) is 1. The van der Waals surface area contributed by atoms with E-state index in [0.717, 1.165) is 0 Å². The Morgan fingerprint density at radius 2 is 1.94 bits per heavy atom. The minimum Gasteiger partial charge on any atom is -0.394 e. The number of aliphatic hydroxyl groups is 2. The number of nitrogens with zero attached hydrogens (tertiary/aromatic N) is 1. The lowest BCUT2D eigenvalue weighted by Gasteiger charge is -2.30. The van der Waals surface area contributed by atoms with E-state index in [4.69, 9.17) is 14.9 Å². The van der Waals surface area contributed by atoms with Crippen LogP contribution in [0.25, 0.3) is 0 Å². The van der Waals surface area contributed by atoms with E-state index < -0.39 is 5.54 Å². The molecule has 1 rings (SSSR count). The average molecular weight is 232 g/mol. The first-order chi connectivity index (χ1) is 7.61. The highest BCUT2D eigenvalue weighted by Gasteiger charge is 2.24. The van der Waals surface area contributed by atoms with Crippen LogP contribution < -0.4 is 5.32 Å². The van der Waals surface area contributed by atoms with Gasteiger partial charge in [-0.3, -0.25) is 10.1 Å². The number of hydrogen-bond donors (Lipinski definition) is 3. The highest BCUT2D eigenvalue weighted by Crippen LogP contribution is 2.02. The molecule has 0 radical (unpaired) electrons. The summed E-state index contributed by atoms with van der Waals surface area (Å²) in [6.45, 7) is 3.73. The van der Waals surface area contributed by atoms with Crippen LogP contribution in [0.3, 0.4) is 0 Å². The maximum Gasteiger partial charge on any atom is 0.236 e. The van der Waals surface area contributed by atoms with E-state index in [0.29, 0.717) is 26.3 Å². The maximum absolute atomic E-state index is 11.7. The first kappa shape index (κ1) is 13.4. The number of aliphatic hydroxyl groups excluding tert-OH is 2. The Balaban J connectivity index is 2.33. The van der Waals surface area contributed by atoms with Crippen molar-refractivity contribution in [3.63, 3.8) is 0 Å². The van der Waals surface area contributed by atoms with Gasteiger partial charge in [-0.1, -0.05) is 0 Å². The Bertz CT molecular complexity index is 225. The first-order valence-corrected chi connectivity index (χ1v) is 5.43. The van der Waals surface area contributed by atoms with Crippen LogP contribution in [0.15, 0.2) is 0 Å². The van der Waals surface area contributed by atoms with E-state index in [1.165, 1.54) is 0 Å². The molecule has 1 saturated heterocycles. The maximum atomic E-state index is 11.7. The van der Waals surface area contributed by atoms with Crippen LogP contribution in [-0.2, 0) is 9.53 Å². The second-order valence-electron chi connectivity index (χ2n) is 4.22. The SMILES string of the molecule is CC(CO)(CO)NCC(=O)N1CCOCC1. The van der Waals surface area contributed by atoms with Crippen molar-refractivity contribution in [3.05, 3.63) is 0 Å². The molecular formula is C10H20N2O4. The molecule has 0 saturated carbocycles. The highest BCUT2D eigenvalue weighted by atomic mass is 16.5. The van der Waals surface area contributed by atoms with E-state index in [2.05, 4.69) is 5.32 Å². The van der Waals surface area contributed by atoms with Crippen molar-refractivity contribution < 1.29 is 19.7 Å². The monoisotopic (exact) mass is 232 g/mol. The van der Waals surface area contributed by atoms with Gasteiger partial charge in [0.1, 0.15) is 0 Å². The third kappa shape index (κ3) is 3.71. The number of rotatable bonds is 5. The molecule has 6 nitrogen and oxygen atoms in total. The van der Waals surface area contributed by atoms with Gasteiger partial charge in [-0.2, -0.15) is 0 Å². The standard InChI is InChI=1S/C10H20N2O4/c1-10(7-13,8-14)11-6-9(15)12-2-4-16-5-3-12/h11,13-14H,2-8H2,1H3. The largest absolute Gasteiger partial charge is 0.394 e. The number of carbonyl (C=O) groups is 1. The summed E-state index contributed by atoms with van der Waals surface area (Å²) in [5, 5.41) is 20.9. The van der Waals surface area contributed by atoms with E-state index in [1.807, 2.05) is 0 Å². The molecule has 0 aromatic rings. The summed E-state index contributed by atoms with van der Waals surface area (Å²) in [4.78, 5) is 13.4. The fourth-order valence-electron chi connectivity index (χ4n) is 1.38. The van der Waals surface area contributed by atoms with Crippen molar-refractivity contribution in [2.45, 2.75) is 12.5 Å². The molecule has 1 aliphatic rings. The summed E-state index contributed by atoms with van der Waals surface area (Å²) >= 11 is 0. The quantitative estimate of drug-likeness (QED) is 0.520. The van der Waals surface area contributed by atoms with Gasteiger partial charge in [-0.15, -0.1) is 0 Å². The Morgan fingerprint density at radius 3 is 2.44 bits per heavy atom. The van der Waals surface area contributed by atoms with Crippen molar-refractivity contribution in [3.8, 4) is 0 Å². The molecule has 0 aliphatic carbocycles. The highest BCUT2D eigenvalue weighted by molar-refractivity contribution is 5.78. The van der Waals surface area contributed by atoms with E-state index in [1.54, 1.807) is 11.8 Å². The van der Waals surface area contributed by atoms with E-state index in [-0.39, 0.29) is 25.7 Å². The zero-order chi connectivity index (χ0) is 12.0. The van der Waals surface area contributed by atoms with Crippen molar-refractivity contribution in [1.82, 2.24) is 10.2 Å². The molecule has 1 heterocycles. The minimum absolute atomic E-state index is 0.0311. The number of hydrogen-bond acceptors (Lipinski definition) is 5. The number of carbonyl (C=O) groups excluding carboxylic acids is 1. The van der Waals surface area contributed by atoms with Crippen LogP contribution in [0, 0.1) is 0 Å². The van der Waals surface area contributed by atoms with Crippen molar-refractivity contribution >= 4 is 5.91 Å². The smallest absolute Gasteiger partial charge is 0.236 e. The van der Waals surface area contributed by atoms with Crippen molar-refractivity contribution in [2.75, 3.05) is 46.1 Å². The second kappa shape index (κ2) is 6.15. The summed E-state index contributed by atoms with van der Waals surface area (Å²) in [5.41, 5.74) is -0.804. The van der Waals surface area contributed by atoms with Gasteiger partial charge in [-0.05, 0) is 6.92 Å². The van der Waals surface area contributed by atoms with Gasteiger partial charge in [0.15, 0.2) is 0 Å². The Labute approximate surface area is 95.2 Å². The zero-order valence-electron chi connectivity index (χ0n) is 9.61. The first-order valence-electron chi connectivity index (χ1n) is 5.43. The lowest BCUT2D eigenvalue weighted by atomic mass is 10.1. The molecule has 0 bridgehead atoms. The number of ether oxygens (including phenoxy) is 1. The molecule has 94 valence electrons. The normalized spacial score (nSPS) is 17.6. The van der Waals surface area contributed by atoms with Crippen molar-refractivity contribution in [1.29, 1.82) is 0 Å². The Hall–Kier alpha value is -0.690. The molecule has 16 heavy (non-hydrogen) atoms. The molecule has 0 aromatic carbocycles. The van der Waals surface area contributed by atoms with Crippen LogP contribution in [0.5, 0.6) is 0 Å². The van der Waals surface area contributed by atoms with Crippen LogP contribution >= 0.6 is 0 Å². The molecule has 0 spiro atoms. The third-order valence-electron chi connectivity index (χ3n) is 2.73. The molecule has 1 amide bonds. The Kier molecular flexibility index (Phi) is 5.14. The van der Waals surface area contributed by atoms with Crippen LogP contribution in [-0.4, -0.2) is 72.6 Å². The number of amides is 1. The van der Waals surface area contributed by atoms with Gasteiger partial charge in [0.25, 0.3) is 0 Å². The van der Waals surface area contributed by atoms with Crippen LogP contribution in [0.1, 0.15) is 6.92 Å². The van der Waals surface area contributed by atoms with E-state index in [9.17, 15) is 4.79 Å². The van der Waals surface area contributed by atoms with E-state index >= 15 is 0 Å². The summed E-state index contributed by atoms with van der Waals surface area (Å²) in [5.74, 6) is -0.0311. The van der Waals surface area contributed by atoms with Gasteiger partial charge in [0.05, 0.1) is 38.5 Å². The Morgan fingerprint density at radius 1 is 1.38 bits per heavy atom. The molecular weight excluding hydrogens is 212 g/mol. The molecule has 1 fully saturated rings. The topological polar surface area (TPSA) is 82.0 Å². The van der Waals surface area contributed by atoms with Crippen molar-refractivity contribution in [2.24, 2.45) is 0 Å². The van der Waals surface area contributed by atoms with Gasteiger partial charge in [-0.25, -0.2) is 0 Å². The predicted octanol–water partition coefficient (Wildman–Crippen LogP) is -1.82. The predicted molar refractivity (Wildman–Crippen MR) is 58.0 cm³/mol. The molecule has 0 aromatic heterocycles. The summed E-state index contributed by atoms with van der Waals surface area (Å²) in [6.07, 6.45) is 0. The molecule has 1 aliphatic heterocycles. The molecule has 3 N–H and O–H groups in total. The summed E-state index contributed by atoms with van der Waals surface area (Å²) < 4.78 is 5.14. The zero-order valence-corrected chi connectivity index (χ0v) is 9.61. The van der Waals surface area contributed by atoms with Gasteiger partial charge in [0, 0.05) is 13.1 Å². The lowest BCUT2D eigenvalue weighted by Crippen LogP contribution is -2.54. The second-order valence-corrected chi connectivity index (χ2v) is 4.22.